The number of hydrogen-bond acceptors (Lipinski definition) is 5. The van der Waals surface area contributed by atoms with E-state index < -0.39 is 0 Å². The summed E-state index contributed by atoms with van der Waals surface area (Å²) in [6, 6.07) is 21.9. The van der Waals surface area contributed by atoms with E-state index in [9.17, 15) is 4.79 Å². The third-order valence-corrected chi connectivity index (χ3v) is 7.09. The smallest absolute Gasteiger partial charge is 0.256 e. The second-order valence-electron chi connectivity index (χ2n) is 9.96. The summed E-state index contributed by atoms with van der Waals surface area (Å²) in [5.74, 6) is 1.84. The first-order valence-electron chi connectivity index (χ1n) is 13.1. The molecule has 2 aromatic carbocycles. The minimum atomic E-state index is -0.194. The zero-order chi connectivity index (χ0) is 26.5. The molecule has 1 N–H and O–H groups in total. The maximum Gasteiger partial charge on any atom is 0.256 e. The van der Waals surface area contributed by atoms with Gasteiger partial charge in [0.2, 0.25) is 0 Å². The lowest BCUT2D eigenvalue weighted by Crippen LogP contribution is -2.46. The van der Waals surface area contributed by atoms with Gasteiger partial charge < -0.3 is 19.5 Å². The van der Waals surface area contributed by atoms with Crippen LogP contribution in [0.3, 0.4) is 0 Å². The number of hydrogen-bond donors (Lipinski definition) is 1. The molecule has 1 aliphatic heterocycles. The molecule has 1 saturated heterocycles. The van der Waals surface area contributed by atoms with Gasteiger partial charge in [-0.1, -0.05) is 44.2 Å². The molecule has 3 heterocycles. The first-order chi connectivity index (χ1) is 18.5. The summed E-state index contributed by atoms with van der Waals surface area (Å²) in [7, 11) is 1.63. The molecule has 0 saturated carbocycles. The third kappa shape index (κ3) is 5.73. The monoisotopic (exact) mass is 509 g/mol. The first kappa shape index (κ1) is 25.5. The molecular weight excluding hydrogens is 474 g/mol. The SMILES string of the molecule is COc1cccc(C(=O)Nc2ccc(N3CCN(Cn4cccc4)CC3)nc2)c1-c1ccc(C(C)C)cc1. The number of carbonyl (C=O) groups excluding carboxylic acids is 1. The van der Waals surface area contributed by atoms with E-state index >= 15 is 0 Å². The quantitative estimate of drug-likeness (QED) is 0.329. The van der Waals surface area contributed by atoms with Gasteiger partial charge in [0.25, 0.3) is 5.91 Å². The number of nitrogens with zero attached hydrogens (tertiary/aromatic N) is 4. The Bertz CT molecular complexity index is 1340. The largest absolute Gasteiger partial charge is 0.496 e. The predicted molar refractivity (Wildman–Crippen MR) is 153 cm³/mol. The Hall–Kier alpha value is -4.10. The molecule has 0 spiro atoms. The summed E-state index contributed by atoms with van der Waals surface area (Å²) in [6.07, 6.45) is 5.92. The van der Waals surface area contributed by atoms with Gasteiger partial charge in [-0.05, 0) is 53.4 Å². The molecule has 0 radical (unpaired) electrons. The van der Waals surface area contributed by atoms with Crippen LogP contribution in [0.1, 0.15) is 35.7 Å². The van der Waals surface area contributed by atoms with Crippen molar-refractivity contribution in [2.24, 2.45) is 0 Å². The number of pyridine rings is 1. The lowest BCUT2D eigenvalue weighted by Gasteiger charge is -2.35. The van der Waals surface area contributed by atoms with Gasteiger partial charge in [-0.2, -0.15) is 0 Å². The number of aromatic nitrogens is 2. The van der Waals surface area contributed by atoms with E-state index in [1.165, 1.54) is 5.56 Å². The van der Waals surface area contributed by atoms with Gasteiger partial charge in [0, 0.05) is 44.1 Å². The van der Waals surface area contributed by atoms with Crippen molar-refractivity contribution < 1.29 is 9.53 Å². The van der Waals surface area contributed by atoms with E-state index in [0.717, 1.165) is 49.8 Å². The third-order valence-electron chi connectivity index (χ3n) is 7.09. The Labute approximate surface area is 224 Å². The zero-order valence-corrected chi connectivity index (χ0v) is 22.3. The van der Waals surface area contributed by atoms with Gasteiger partial charge in [-0.25, -0.2) is 4.98 Å². The predicted octanol–water partition coefficient (Wildman–Crippen LogP) is 5.71. The number of amides is 1. The minimum absolute atomic E-state index is 0.194. The van der Waals surface area contributed by atoms with E-state index in [2.05, 4.69) is 87.3 Å². The van der Waals surface area contributed by atoms with Gasteiger partial charge in [-0.3, -0.25) is 9.69 Å². The van der Waals surface area contributed by atoms with Crippen LogP contribution in [0.25, 0.3) is 11.1 Å². The molecule has 196 valence electrons. The summed E-state index contributed by atoms with van der Waals surface area (Å²) in [6.45, 7) is 9.05. The van der Waals surface area contributed by atoms with Crippen molar-refractivity contribution in [3.8, 4) is 16.9 Å². The molecule has 1 fully saturated rings. The van der Waals surface area contributed by atoms with Crippen LogP contribution in [0.15, 0.2) is 85.3 Å². The van der Waals surface area contributed by atoms with E-state index in [0.29, 0.717) is 22.9 Å². The Kier molecular flexibility index (Phi) is 7.75. The second-order valence-corrected chi connectivity index (χ2v) is 9.96. The first-order valence-corrected chi connectivity index (χ1v) is 13.1. The summed E-state index contributed by atoms with van der Waals surface area (Å²) < 4.78 is 7.83. The van der Waals surface area contributed by atoms with Gasteiger partial charge in [0.05, 0.1) is 31.2 Å². The fourth-order valence-corrected chi connectivity index (χ4v) is 4.88. The molecule has 7 nitrogen and oxygen atoms in total. The fraction of sp³-hybridized carbons (Fsp3) is 0.290. The Balaban J connectivity index is 1.26. The van der Waals surface area contributed by atoms with Crippen molar-refractivity contribution in [3.05, 3.63) is 96.4 Å². The topological polar surface area (TPSA) is 62.6 Å². The molecule has 0 bridgehead atoms. The molecule has 0 atom stereocenters. The molecule has 1 aliphatic rings. The van der Waals surface area contributed by atoms with Crippen LogP contribution in [-0.2, 0) is 6.67 Å². The molecule has 7 heteroatoms. The van der Waals surface area contributed by atoms with Crippen LogP contribution < -0.4 is 15.0 Å². The number of rotatable bonds is 8. The van der Waals surface area contributed by atoms with Gasteiger partial charge in [0.15, 0.2) is 0 Å². The summed E-state index contributed by atoms with van der Waals surface area (Å²) in [5, 5.41) is 3.02. The lowest BCUT2D eigenvalue weighted by molar-refractivity contribution is 0.102. The lowest BCUT2D eigenvalue weighted by atomic mass is 9.95. The van der Waals surface area contributed by atoms with Crippen molar-refractivity contribution in [1.29, 1.82) is 0 Å². The number of anilines is 2. The highest BCUT2D eigenvalue weighted by atomic mass is 16.5. The normalized spacial score (nSPS) is 14.1. The molecule has 4 aromatic rings. The van der Waals surface area contributed by atoms with Crippen LogP contribution in [0.2, 0.25) is 0 Å². The zero-order valence-electron chi connectivity index (χ0n) is 22.3. The number of piperazine rings is 1. The maximum atomic E-state index is 13.4. The van der Waals surface area contributed by atoms with E-state index in [-0.39, 0.29) is 5.91 Å². The molecule has 0 aliphatic carbocycles. The highest BCUT2D eigenvalue weighted by Crippen LogP contribution is 2.34. The van der Waals surface area contributed by atoms with Gasteiger partial charge >= 0.3 is 0 Å². The molecule has 0 unspecified atom stereocenters. The molecule has 1 amide bonds. The van der Waals surface area contributed by atoms with Gasteiger partial charge in [0.1, 0.15) is 11.6 Å². The average Bonchev–Trinajstić information content (AvgIpc) is 3.46. The highest BCUT2D eigenvalue weighted by molar-refractivity contribution is 6.09. The van der Waals surface area contributed by atoms with Crippen molar-refractivity contribution in [1.82, 2.24) is 14.5 Å². The van der Waals surface area contributed by atoms with Crippen LogP contribution >= 0.6 is 0 Å². The maximum absolute atomic E-state index is 13.4. The molecule has 5 rings (SSSR count). The average molecular weight is 510 g/mol. The molecular formula is C31H35N5O2. The van der Waals surface area contributed by atoms with Crippen molar-refractivity contribution in [2.45, 2.75) is 26.4 Å². The van der Waals surface area contributed by atoms with Gasteiger partial charge in [-0.15, -0.1) is 0 Å². The standard InChI is InChI=1S/C31H35N5O2/c1-23(2)24-9-11-25(12-10-24)30-27(7-6-8-28(30)38-3)31(37)33-26-13-14-29(32-21-26)36-19-17-35(18-20-36)22-34-15-4-5-16-34/h4-16,21,23H,17-20,22H2,1-3H3,(H,33,37). The number of methoxy groups -OCH3 is 1. The number of ether oxygens (including phenoxy) is 1. The summed E-state index contributed by atoms with van der Waals surface area (Å²) in [5.41, 5.74) is 4.20. The Morgan fingerprint density at radius 3 is 2.32 bits per heavy atom. The van der Waals surface area contributed by atoms with E-state index in [4.69, 9.17) is 4.74 Å². The Morgan fingerprint density at radius 2 is 1.68 bits per heavy atom. The Morgan fingerprint density at radius 1 is 0.947 bits per heavy atom. The number of benzene rings is 2. The van der Waals surface area contributed by atoms with Crippen molar-refractivity contribution >= 4 is 17.4 Å². The van der Waals surface area contributed by atoms with Crippen LogP contribution in [0.5, 0.6) is 5.75 Å². The number of carbonyl (C=O) groups is 1. The number of nitrogens with one attached hydrogen (secondary N) is 1. The summed E-state index contributed by atoms with van der Waals surface area (Å²) in [4.78, 5) is 22.8. The van der Waals surface area contributed by atoms with Crippen molar-refractivity contribution in [3.63, 3.8) is 0 Å². The highest BCUT2D eigenvalue weighted by Gasteiger charge is 2.20. The van der Waals surface area contributed by atoms with Crippen LogP contribution in [0, 0.1) is 0 Å². The van der Waals surface area contributed by atoms with Crippen LogP contribution in [-0.4, -0.2) is 53.6 Å². The molecule has 2 aromatic heterocycles. The van der Waals surface area contributed by atoms with E-state index in [1.807, 2.05) is 30.3 Å². The minimum Gasteiger partial charge on any atom is -0.496 e. The molecule has 38 heavy (non-hydrogen) atoms. The summed E-state index contributed by atoms with van der Waals surface area (Å²) >= 11 is 0. The van der Waals surface area contributed by atoms with E-state index in [1.54, 1.807) is 13.3 Å². The fourth-order valence-electron chi connectivity index (χ4n) is 4.88. The second kappa shape index (κ2) is 11.5. The van der Waals surface area contributed by atoms with Crippen LogP contribution in [0.4, 0.5) is 11.5 Å². The van der Waals surface area contributed by atoms with Crippen molar-refractivity contribution in [2.75, 3.05) is 43.5 Å².